The zero-order valence-corrected chi connectivity index (χ0v) is 13.3. The Balaban J connectivity index is 1.84. The topological polar surface area (TPSA) is 104 Å². The van der Waals surface area contributed by atoms with Gasteiger partial charge < -0.3 is 5.32 Å². The van der Waals surface area contributed by atoms with Crippen LogP contribution in [0.15, 0.2) is 21.7 Å². The van der Waals surface area contributed by atoms with Crippen molar-refractivity contribution in [3.63, 3.8) is 0 Å². The van der Waals surface area contributed by atoms with Gasteiger partial charge in [-0.2, -0.15) is 5.10 Å². The lowest BCUT2D eigenvalue weighted by molar-refractivity contribution is -0.116. The Bertz CT molecular complexity index is 720. The summed E-state index contributed by atoms with van der Waals surface area (Å²) in [7, 11) is -3.52. The highest BCUT2D eigenvalue weighted by Crippen LogP contribution is 2.15. The van der Waals surface area contributed by atoms with Gasteiger partial charge in [-0.05, 0) is 25.3 Å². The summed E-state index contributed by atoms with van der Waals surface area (Å²) in [5.74, 6) is 0.178. The SMILES string of the molecule is Cc1[nH]nc(NC(=O)CCNS(=O)(=O)c2cccs2)c1C. The van der Waals surface area contributed by atoms with E-state index in [-0.39, 0.29) is 23.1 Å². The van der Waals surface area contributed by atoms with Crippen molar-refractivity contribution in [2.75, 3.05) is 11.9 Å². The van der Waals surface area contributed by atoms with Gasteiger partial charge in [0.15, 0.2) is 5.82 Å². The highest BCUT2D eigenvalue weighted by molar-refractivity contribution is 7.91. The second-order valence-corrected chi connectivity index (χ2v) is 7.39. The predicted molar refractivity (Wildman–Crippen MR) is 80.8 cm³/mol. The molecule has 0 aliphatic carbocycles. The molecule has 1 amide bonds. The van der Waals surface area contributed by atoms with Gasteiger partial charge >= 0.3 is 0 Å². The fourth-order valence-electron chi connectivity index (χ4n) is 1.59. The quantitative estimate of drug-likeness (QED) is 0.745. The number of aromatic amines is 1. The molecule has 0 aromatic carbocycles. The van der Waals surface area contributed by atoms with Gasteiger partial charge in [0.25, 0.3) is 0 Å². The molecule has 0 aliphatic rings. The van der Waals surface area contributed by atoms with E-state index < -0.39 is 10.0 Å². The fraction of sp³-hybridized carbons (Fsp3) is 0.333. The van der Waals surface area contributed by atoms with Crippen molar-refractivity contribution in [2.45, 2.75) is 24.5 Å². The first-order chi connectivity index (χ1) is 9.90. The van der Waals surface area contributed by atoms with E-state index in [1.807, 2.05) is 13.8 Å². The van der Waals surface area contributed by atoms with Gasteiger partial charge in [0, 0.05) is 24.2 Å². The highest BCUT2D eigenvalue weighted by atomic mass is 32.2. The van der Waals surface area contributed by atoms with Crippen molar-refractivity contribution in [1.82, 2.24) is 14.9 Å². The Hall–Kier alpha value is -1.71. The van der Waals surface area contributed by atoms with Crippen LogP contribution in [0.1, 0.15) is 17.7 Å². The average Bonchev–Trinajstić information content (AvgIpc) is 3.05. The summed E-state index contributed by atoms with van der Waals surface area (Å²) in [6, 6.07) is 3.18. The molecule has 0 fully saturated rings. The maximum absolute atomic E-state index is 11.8. The van der Waals surface area contributed by atoms with Crippen LogP contribution in [0, 0.1) is 13.8 Å². The van der Waals surface area contributed by atoms with Crippen molar-refractivity contribution in [2.24, 2.45) is 0 Å². The molecule has 0 bridgehead atoms. The molecule has 0 unspecified atom stereocenters. The Morgan fingerprint density at radius 1 is 1.43 bits per heavy atom. The molecule has 7 nitrogen and oxygen atoms in total. The number of carbonyl (C=O) groups is 1. The lowest BCUT2D eigenvalue weighted by Crippen LogP contribution is -2.27. The molecular weight excluding hydrogens is 312 g/mol. The van der Waals surface area contributed by atoms with E-state index in [4.69, 9.17) is 0 Å². The maximum Gasteiger partial charge on any atom is 0.250 e. The molecule has 2 aromatic heterocycles. The van der Waals surface area contributed by atoms with Gasteiger partial charge in [-0.1, -0.05) is 6.07 Å². The van der Waals surface area contributed by atoms with Crippen molar-refractivity contribution in [3.05, 3.63) is 28.8 Å². The molecule has 0 saturated heterocycles. The number of thiophene rings is 1. The molecule has 21 heavy (non-hydrogen) atoms. The van der Waals surface area contributed by atoms with E-state index in [1.54, 1.807) is 11.4 Å². The Kier molecular flexibility index (Phi) is 4.76. The number of H-pyrrole nitrogens is 1. The van der Waals surface area contributed by atoms with Gasteiger partial charge in [-0.3, -0.25) is 9.89 Å². The summed E-state index contributed by atoms with van der Waals surface area (Å²) in [5, 5.41) is 11.0. The van der Waals surface area contributed by atoms with E-state index >= 15 is 0 Å². The van der Waals surface area contributed by atoms with Gasteiger partial charge in [0.1, 0.15) is 4.21 Å². The largest absolute Gasteiger partial charge is 0.309 e. The first kappa shape index (κ1) is 15.7. The first-order valence-corrected chi connectivity index (χ1v) is 8.61. The molecule has 0 atom stereocenters. The van der Waals surface area contributed by atoms with Crippen LogP contribution in [0.3, 0.4) is 0 Å². The van der Waals surface area contributed by atoms with E-state index in [0.717, 1.165) is 22.6 Å². The molecule has 3 N–H and O–H groups in total. The summed E-state index contributed by atoms with van der Waals surface area (Å²) in [6.45, 7) is 3.73. The number of aryl methyl sites for hydroxylation is 1. The van der Waals surface area contributed by atoms with E-state index in [2.05, 4.69) is 20.2 Å². The summed E-state index contributed by atoms with van der Waals surface area (Å²) >= 11 is 1.13. The molecule has 2 heterocycles. The Morgan fingerprint density at radius 2 is 2.19 bits per heavy atom. The van der Waals surface area contributed by atoms with E-state index in [9.17, 15) is 13.2 Å². The number of carbonyl (C=O) groups excluding carboxylic acids is 1. The number of rotatable bonds is 6. The standard InChI is InChI=1S/C12H16N4O3S2/c1-8-9(2)15-16-12(8)14-10(17)5-6-13-21(18,19)11-4-3-7-20-11/h3-4,7,13H,5-6H2,1-2H3,(H2,14,15,16,17). The third kappa shape index (κ3) is 3.90. The normalized spacial score (nSPS) is 11.5. The smallest absolute Gasteiger partial charge is 0.250 e. The maximum atomic E-state index is 11.8. The Labute approximate surface area is 126 Å². The van der Waals surface area contributed by atoms with Crippen LogP contribution >= 0.6 is 11.3 Å². The van der Waals surface area contributed by atoms with Gasteiger partial charge in [0.05, 0.1) is 0 Å². The van der Waals surface area contributed by atoms with Crippen LogP contribution in [0.2, 0.25) is 0 Å². The third-order valence-corrected chi connectivity index (χ3v) is 5.77. The molecule has 2 rings (SSSR count). The number of nitrogens with zero attached hydrogens (tertiary/aromatic N) is 1. The van der Waals surface area contributed by atoms with Gasteiger partial charge in [-0.25, -0.2) is 13.1 Å². The number of sulfonamides is 1. The molecule has 114 valence electrons. The van der Waals surface area contributed by atoms with Crippen LogP contribution in [0.5, 0.6) is 0 Å². The minimum atomic E-state index is -3.52. The van der Waals surface area contributed by atoms with Gasteiger partial charge in [-0.15, -0.1) is 11.3 Å². The zero-order valence-electron chi connectivity index (χ0n) is 11.6. The molecule has 0 saturated carbocycles. The van der Waals surface area contributed by atoms with E-state index in [1.165, 1.54) is 6.07 Å². The van der Waals surface area contributed by atoms with Crippen LogP contribution in [0.25, 0.3) is 0 Å². The lowest BCUT2D eigenvalue weighted by Gasteiger charge is -2.05. The number of anilines is 1. The molecule has 2 aromatic rings. The average molecular weight is 328 g/mol. The minimum absolute atomic E-state index is 0.0362. The molecular formula is C12H16N4O3S2. The summed E-state index contributed by atoms with van der Waals surface area (Å²) < 4.78 is 26.3. The van der Waals surface area contributed by atoms with Crippen molar-refractivity contribution in [1.29, 1.82) is 0 Å². The number of aromatic nitrogens is 2. The second kappa shape index (κ2) is 6.37. The van der Waals surface area contributed by atoms with Crippen LogP contribution in [-0.2, 0) is 14.8 Å². The molecule has 0 aliphatic heterocycles. The number of hydrogen-bond acceptors (Lipinski definition) is 5. The molecule has 0 spiro atoms. The van der Waals surface area contributed by atoms with Crippen molar-refractivity contribution >= 4 is 33.1 Å². The second-order valence-electron chi connectivity index (χ2n) is 4.45. The first-order valence-electron chi connectivity index (χ1n) is 6.25. The summed E-state index contributed by atoms with van der Waals surface area (Å²) in [4.78, 5) is 11.7. The number of hydrogen-bond donors (Lipinski definition) is 3. The van der Waals surface area contributed by atoms with E-state index in [0.29, 0.717) is 5.82 Å². The van der Waals surface area contributed by atoms with Crippen LogP contribution in [-0.4, -0.2) is 31.1 Å². The summed E-state index contributed by atoms with van der Waals surface area (Å²) in [5.41, 5.74) is 1.74. The third-order valence-electron chi connectivity index (χ3n) is 2.92. The number of nitrogens with one attached hydrogen (secondary N) is 3. The fourth-order valence-corrected chi connectivity index (χ4v) is 3.66. The monoisotopic (exact) mass is 328 g/mol. The Morgan fingerprint density at radius 3 is 2.76 bits per heavy atom. The van der Waals surface area contributed by atoms with Crippen LogP contribution < -0.4 is 10.0 Å². The van der Waals surface area contributed by atoms with Crippen molar-refractivity contribution < 1.29 is 13.2 Å². The molecule has 0 radical (unpaired) electrons. The highest BCUT2D eigenvalue weighted by Gasteiger charge is 2.15. The molecule has 9 heteroatoms. The van der Waals surface area contributed by atoms with Crippen molar-refractivity contribution in [3.8, 4) is 0 Å². The zero-order chi connectivity index (χ0) is 15.5. The lowest BCUT2D eigenvalue weighted by atomic mass is 10.3. The van der Waals surface area contributed by atoms with Crippen LogP contribution in [0.4, 0.5) is 5.82 Å². The summed E-state index contributed by atoms with van der Waals surface area (Å²) in [6.07, 6.45) is 0.0377. The van der Waals surface area contributed by atoms with Gasteiger partial charge in [0.2, 0.25) is 15.9 Å². The minimum Gasteiger partial charge on any atom is -0.309 e. The predicted octanol–water partition coefficient (Wildman–Crippen LogP) is 1.40. The number of amides is 1.